The van der Waals surface area contributed by atoms with Crippen molar-refractivity contribution in [1.29, 1.82) is 0 Å². The van der Waals surface area contributed by atoms with E-state index in [1.54, 1.807) is 36.4 Å². The average molecular weight is 427 g/mol. The third-order valence-electron chi connectivity index (χ3n) is 4.49. The van der Waals surface area contributed by atoms with Crippen LogP contribution in [0.15, 0.2) is 57.7 Å². The Morgan fingerprint density at radius 2 is 1.77 bits per heavy atom. The van der Waals surface area contributed by atoms with E-state index in [0.717, 1.165) is 0 Å². The summed E-state index contributed by atoms with van der Waals surface area (Å²) in [5, 5.41) is 12.6. The standard InChI is InChI=1S/C22H21NO8/c1-28-17-7-4-14(9-19(17)29-2)16(11-21(25)26)23-20(24)12-30-15-6-3-13-5-8-22(27)31-18(13)10-15/h3-10,16H,11-12H2,1-2H3,(H,23,24)(H,25,26)/t16-/m0/s1. The first-order valence-corrected chi connectivity index (χ1v) is 9.29. The Labute approximate surface area is 177 Å². The van der Waals surface area contributed by atoms with Gasteiger partial charge in [-0.15, -0.1) is 0 Å². The zero-order valence-electron chi connectivity index (χ0n) is 16.9. The monoisotopic (exact) mass is 427 g/mol. The Kier molecular flexibility index (Phi) is 6.76. The van der Waals surface area contributed by atoms with Gasteiger partial charge in [-0.05, 0) is 35.9 Å². The number of rotatable bonds is 9. The number of carbonyl (C=O) groups is 2. The maximum atomic E-state index is 12.4. The normalized spacial score (nSPS) is 11.5. The van der Waals surface area contributed by atoms with Crippen molar-refractivity contribution in [2.24, 2.45) is 0 Å². The van der Waals surface area contributed by atoms with Crippen LogP contribution in [0.3, 0.4) is 0 Å². The van der Waals surface area contributed by atoms with E-state index in [9.17, 15) is 19.5 Å². The Morgan fingerprint density at radius 1 is 1.03 bits per heavy atom. The van der Waals surface area contributed by atoms with Crippen LogP contribution in [0.25, 0.3) is 11.0 Å². The highest BCUT2D eigenvalue weighted by Crippen LogP contribution is 2.31. The van der Waals surface area contributed by atoms with Gasteiger partial charge in [0.1, 0.15) is 11.3 Å². The molecule has 3 rings (SSSR count). The fourth-order valence-electron chi connectivity index (χ4n) is 3.01. The van der Waals surface area contributed by atoms with Gasteiger partial charge in [0.05, 0.1) is 26.7 Å². The van der Waals surface area contributed by atoms with Crippen molar-refractivity contribution in [3.63, 3.8) is 0 Å². The van der Waals surface area contributed by atoms with Crippen LogP contribution < -0.4 is 25.2 Å². The van der Waals surface area contributed by atoms with Crippen LogP contribution in [0.4, 0.5) is 0 Å². The topological polar surface area (TPSA) is 124 Å². The molecule has 3 aromatic rings. The lowest BCUT2D eigenvalue weighted by Gasteiger charge is -2.19. The van der Waals surface area contributed by atoms with Crippen molar-refractivity contribution in [3.05, 3.63) is 64.5 Å². The van der Waals surface area contributed by atoms with Crippen LogP contribution in [0.1, 0.15) is 18.0 Å². The highest BCUT2D eigenvalue weighted by atomic mass is 16.5. The summed E-state index contributed by atoms with van der Waals surface area (Å²) < 4.78 is 21.0. The molecule has 2 N–H and O–H groups in total. The van der Waals surface area contributed by atoms with Crippen LogP contribution in [0, 0.1) is 0 Å². The van der Waals surface area contributed by atoms with Gasteiger partial charge in [-0.1, -0.05) is 6.07 Å². The molecule has 1 atom stereocenters. The molecule has 0 unspecified atom stereocenters. The molecule has 0 spiro atoms. The summed E-state index contributed by atoms with van der Waals surface area (Å²) in [6, 6.07) is 11.9. The van der Waals surface area contributed by atoms with Gasteiger partial charge in [-0.3, -0.25) is 9.59 Å². The van der Waals surface area contributed by atoms with Crippen LogP contribution >= 0.6 is 0 Å². The van der Waals surface area contributed by atoms with E-state index >= 15 is 0 Å². The molecule has 0 radical (unpaired) electrons. The van der Waals surface area contributed by atoms with Crippen molar-refractivity contribution < 1.29 is 33.3 Å². The van der Waals surface area contributed by atoms with Gasteiger partial charge in [-0.2, -0.15) is 0 Å². The van der Waals surface area contributed by atoms with E-state index in [0.29, 0.717) is 33.8 Å². The number of carbonyl (C=O) groups excluding carboxylic acids is 1. The van der Waals surface area contributed by atoms with Crippen molar-refractivity contribution in [1.82, 2.24) is 5.32 Å². The third-order valence-corrected chi connectivity index (χ3v) is 4.49. The number of amides is 1. The van der Waals surface area contributed by atoms with E-state index in [4.69, 9.17) is 18.6 Å². The number of hydrogen-bond acceptors (Lipinski definition) is 7. The second-order valence-electron chi connectivity index (χ2n) is 6.58. The van der Waals surface area contributed by atoms with E-state index in [2.05, 4.69) is 5.32 Å². The minimum atomic E-state index is -1.08. The van der Waals surface area contributed by atoms with Gasteiger partial charge in [0.2, 0.25) is 0 Å². The zero-order chi connectivity index (χ0) is 22.4. The van der Waals surface area contributed by atoms with Gasteiger partial charge in [0, 0.05) is 17.5 Å². The van der Waals surface area contributed by atoms with Gasteiger partial charge >= 0.3 is 11.6 Å². The van der Waals surface area contributed by atoms with Crippen molar-refractivity contribution in [3.8, 4) is 17.2 Å². The Balaban J connectivity index is 1.71. The van der Waals surface area contributed by atoms with Gasteiger partial charge < -0.3 is 29.1 Å². The first kappa shape index (κ1) is 21.7. The lowest BCUT2D eigenvalue weighted by atomic mass is 10.0. The fourth-order valence-corrected chi connectivity index (χ4v) is 3.01. The van der Waals surface area contributed by atoms with E-state index < -0.39 is 23.5 Å². The molecule has 1 aromatic heterocycles. The molecule has 0 saturated heterocycles. The number of aliphatic carboxylic acids is 1. The molecular weight excluding hydrogens is 406 g/mol. The third kappa shape index (κ3) is 5.53. The van der Waals surface area contributed by atoms with Crippen molar-refractivity contribution in [2.45, 2.75) is 12.5 Å². The molecule has 1 amide bonds. The highest BCUT2D eigenvalue weighted by Gasteiger charge is 2.20. The Hall–Kier alpha value is -4.01. The van der Waals surface area contributed by atoms with Crippen LogP contribution in [-0.4, -0.2) is 37.8 Å². The molecule has 9 heteroatoms. The lowest BCUT2D eigenvalue weighted by Crippen LogP contribution is -2.33. The summed E-state index contributed by atoms with van der Waals surface area (Å²) >= 11 is 0. The molecule has 0 bridgehead atoms. The Morgan fingerprint density at radius 3 is 2.48 bits per heavy atom. The number of hydrogen-bond donors (Lipinski definition) is 2. The van der Waals surface area contributed by atoms with Gasteiger partial charge in [0.25, 0.3) is 5.91 Å². The first-order chi connectivity index (χ1) is 14.9. The number of nitrogens with one attached hydrogen (secondary N) is 1. The zero-order valence-corrected chi connectivity index (χ0v) is 16.9. The van der Waals surface area contributed by atoms with Crippen LogP contribution in [0.2, 0.25) is 0 Å². The van der Waals surface area contributed by atoms with Gasteiger partial charge in [-0.25, -0.2) is 4.79 Å². The molecule has 0 saturated carbocycles. The molecule has 0 aliphatic heterocycles. The molecule has 1 heterocycles. The summed E-state index contributed by atoms with van der Waals surface area (Å²) in [5.41, 5.74) is 0.384. The number of ether oxygens (including phenoxy) is 3. The van der Waals surface area contributed by atoms with Crippen LogP contribution in [-0.2, 0) is 9.59 Å². The summed E-state index contributed by atoms with van der Waals surface area (Å²) in [6.45, 7) is -0.355. The number of fused-ring (bicyclic) bond motifs is 1. The maximum Gasteiger partial charge on any atom is 0.336 e. The number of benzene rings is 2. The Bertz CT molecular complexity index is 1150. The van der Waals surface area contributed by atoms with E-state index in [-0.39, 0.29) is 13.0 Å². The van der Waals surface area contributed by atoms with Crippen molar-refractivity contribution in [2.75, 3.05) is 20.8 Å². The van der Waals surface area contributed by atoms with Crippen molar-refractivity contribution >= 4 is 22.8 Å². The molecule has 162 valence electrons. The quantitative estimate of drug-likeness (QED) is 0.499. The molecule has 31 heavy (non-hydrogen) atoms. The predicted octanol–water partition coefficient (Wildman–Crippen LogP) is 2.52. The first-order valence-electron chi connectivity index (χ1n) is 9.29. The predicted molar refractivity (Wildman–Crippen MR) is 111 cm³/mol. The molecule has 0 aliphatic carbocycles. The smallest absolute Gasteiger partial charge is 0.336 e. The minimum absolute atomic E-state index is 0.331. The number of carboxylic acids is 1. The molecule has 0 fully saturated rings. The lowest BCUT2D eigenvalue weighted by molar-refractivity contribution is -0.137. The summed E-state index contributed by atoms with van der Waals surface area (Å²) in [7, 11) is 2.95. The average Bonchev–Trinajstić information content (AvgIpc) is 2.76. The maximum absolute atomic E-state index is 12.4. The second kappa shape index (κ2) is 9.66. The van der Waals surface area contributed by atoms with Gasteiger partial charge in [0.15, 0.2) is 18.1 Å². The van der Waals surface area contributed by atoms with E-state index in [1.165, 1.54) is 26.4 Å². The largest absolute Gasteiger partial charge is 0.493 e. The molecule has 2 aromatic carbocycles. The summed E-state index contributed by atoms with van der Waals surface area (Å²) in [6.07, 6.45) is -0.331. The SMILES string of the molecule is COc1ccc([C@H](CC(=O)O)NC(=O)COc2ccc3ccc(=O)oc3c2)cc1OC. The number of methoxy groups -OCH3 is 2. The molecule has 9 nitrogen and oxygen atoms in total. The van der Waals surface area contributed by atoms with Crippen LogP contribution in [0.5, 0.6) is 17.2 Å². The molecule has 0 aliphatic rings. The molecular formula is C22H21NO8. The number of carboxylic acid groups (broad SMARTS) is 1. The fraction of sp³-hybridized carbons (Fsp3) is 0.227. The highest BCUT2D eigenvalue weighted by molar-refractivity contribution is 5.80. The minimum Gasteiger partial charge on any atom is -0.493 e. The summed E-state index contributed by atoms with van der Waals surface area (Å²) in [4.78, 5) is 35.1. The second-order valence-corrected chi connectivity index (χ2v) is 6.58. The summed E-state index contributed by atoms with van der Waals surface area (Å²) in [5.74, 6) is -0.365. The van der Waals surface area contributed by atoms with E-state index in [1.807, 2.05) is 0 Å².